The Labute approximate surface area is 153 Å². The summed E-state index contributed by atoms with van der Waals surface area (Å²) in [4.78, 5) is 25.9. The molecule has 0 N–H and O–H groups in total. The zero-order valence-electron chi connectivity index (χ0n) is 14.4. The molecule has 4 rings (SSSR count). The molecular weight excluding hydrogens is 359 g/mol. The number of hydrogen-bond donors (Lipinski definition) is 0. The van der Waals surface area contributed by atoms with E-state index in [1.165, 1.54) is 27.8 Å². The molecule has 0 spiro atoms. The third-order valence-electron chi connectivity index (χ3n) is 5.00. The molecule has 0 atom stereocenters. The fourth-order valence-corrected chi connectivity index (χ4v) is 3.30. The lowest BCUT2D eigenvalue weighted by molar-refractivity contribution is -0.137. The first-order valence-electron chi connectivity index (χ1n) is 8.86. The highest BCUT2D eigenvalue weighted by Crippen LogP contribution is 2.38. The van der Waals surface area contributed by atoms with Crippen molar-refractivity contribution in [1.82, 2.24) is 14.7 Å². The van der Waals surface area contributed by atoms with E-state index in [4.69, 9.17) is 0 Å². The summed E-state index contributed by atoms with van der Waals surface area (Å²) in [5.41, 5.74) is -0.0692. The first-order valence-corrected chi connectivity index (χ1v) is 8.86. The van der Waals surface area contributed by atoms with Gasteiger partial charge in [0.15, 0.2) is 0 Å². The Morgan fingerprint density at radius 2 is 1.89 bits per heavy atom. The molecule has 1 saturated carbocycles. The van der Waals surface area contributed by atoms with Crippen molar-refractivity contribution in [3.8, 4) is 0 Å². The Morgan fingerprint density at radius 1 is 1.15 bits per heavy atom. The number of amides is 1. The van der Waals surface area contributed by atoms with Crippen LogP contribution >= 0.6 is 0 Å². The molecular formula is C19H18F3N3O2. The summed E-state index contributed by atoms with van der Waals surface area (Å²) >= 11 is 0. The van der Waals surface area contributed by atoms with E-state index in [1.54, 1.807) is 6.07 Å². The van der Waals surface area contributed by atoms with Crippen LogP contribution in [0.5, 0.6) is 0 Å². The molecule has 1 aromatic heterocycles. The second-order valence-corrected chi connectivity index (χ2v) is 7.21. The van der Waals surface area contributed by atoms with Gasteiger partial charge in [-0.15, -0.1) is 0 Å². The predicted octanol–water partition coefficient (Wildman–Crippen LogP) is 2.91. The number of hydrogen-bond acceptors (Lipinski definition) is 3. The molecule has 1 aliphatic heterocycles. The number of carbonyl (C=O) groups excluding carboxylic acids is 1. The molecule has 27 heavy (non-hydrogen) atoms. The van der Waals surface area contributed by atoms with E-state index in [9.17, 15) is 22.8 Å². The summed E-state index contributed by atoms with van der Waals surface area (Å²) in [7, 11) is 0. The third-order valence-corrected chi connectivity index (χ3v) is 5.00. The summed E-state index contributed by atoms with van der Waals surface area (Å²) in [5.74, 6) is 0.0843. The number of halogens is 3. The van der Waals surface area contributed by atoms with Crippen LogP contribution in [0.25, 0.3) is 0 Å². The maximum absolute atomic E-state index is 12.8. The molecule has 2 aliphatic rings. The third kappa shape index (κ3) is 3.74. The quantitative estimate of drug-likeness (QED) is 0.823. The van der Waals surface area contributed by atoms with E-state index >= 15 is 0 Å². The molecule has 5 nitrogen and oxygen atoms in total. The molecule has 0 radical (unpaired) electrons. The van der Waals surface area contributed by atoms with Crippen LogP contribution in [0, 0.1) is 5.92 Å². The average molecular weight is 377 g/mol. The SMILES string of the molecule is O=C(c1cccc(C(F)(F)F)c1)N1CC(Cn2nc(C3CC3)ccc2=O)C1. The van der Waals surface area contributed by atoms with Crippen LogP contribution < -0.4 is 5.56 Å². The van der Waals surface area contributed by atoms with Crippen LogP contribution in [0.3, 0.4) is 0 Å². The van der Waals surface area contributed by atoms with Gasteiger partial charge in [-0.1, -0.05) is 6.07 Å². The molecule has 2 fully saturated rings. The van der Waals surface area contributed by atoms with Gasteiger partial charge in [0.05, 0.1) is 17.8 Å². The first-order chi connectivity index (χ1) is 12.8. The van der Waals surface area contributed by atoms with E-state index in [0.717, 1.165) is 30.7 Å². The molecule has 1 saturated heterocycles. The van der Waals surface area contributed by atoms with Gasteiger partial charge >= 0.3 is 6.18 Å². The minimum atomic E-state index is -4.48. The number of alkyl halides is 3. The minimum Gasteiger partial charge on any atom is -0.338 e. The van der Waals surface area contributed by atoms with Gasteiger partial charge in [-0.05, 0) is 37.1 Å². The summed E-state index contributed by atoms with van der Waals surface area (Å²) < 4.78 is 39.8. The van der Waals surface area contributed by atoms with Crippen molar-refractivity contribution < 1.29 is 18.0 Å². The molecule has 1 aromatic carbocycles. The van der Waals surface area contributed by atoms with Gasteiger partial charge in [-0.3, -0.25) is 9.59 Å². The van der Waals surface area contributed by atoms with Crippen molar-refractivity contribution in [1.29, 1.82) is 0 Å². The molecule has 1 amide bonds. The predicted molar refractivity (Wildman–Crippen MR) is 91.3 cm³/mol. The van der Waals surface area contributed by atoms with Crippen LogP contribution in [0.15, 0.2) is 41.2 Å². The van der Waals surface area contributed by atoms with Crippen molar-refractivity contribution in [2.24, 2.45) is 5.92 Å². The van der Waals surface area contributed by atoms with Crippen LogP contribution in [-0.2, 0) is 12.7 Å². The van der Waals surface area contributed by atoms with Gasteiger partial charge in [0.25, 0.3) is 11.5 Å². The number of benzene rings is 1. The number of nitrogens with zero attached hydrogens (tertiary/aromatic N) is 3. The standard InChI is InChI=1S/C19H18F3N3O2/c20-19(21,22)15-3-1-2-14(8-15)18(27)24-9-12(10-24)11-25-17(26)7-6-16(23-25)13-4-5-13/h1-3,6-8,12-13H,4-5,9-11H2. The van der Waals surface area contributed by atoms with Crippen LogP contribution in [0.2, 0.25) is 0 Å². The highest BCUT2D eigenvalue weighted by Gasteiger charge is 2.34. The van der Waals surface area contributed by atoms with Crippen molar-refractivity contribution in [2.75, 3.05) is 13.1 Å². The zero-order chi connectivity index (χ0) is 19.2. The average Bonchev–Trinajstić information content (AvgIpc) is 3.43. The van der Waals surface area contributed by atoms with E-state index in [0.29, 0.717) is 25.6 Å². The molecule has 0 unspecified atom stereocenters. The van der Waals surface area contributed by atoms with Gasteiger partial charge in [0.1, 0.15) is 0 Å². The number of aromatic nitrogens is 2. The van der Waals surface area contributed by atoms with Crippen molar-refractivity contribution in [2.45, 2.75) is 31.5 Å². The molecule has 142 valence electrons. The zero-order valence-corrected chi connectivity index (χ0v) is 14.4. The molecule has 1 aliphatic carbocycles. The Kier molecular flexibility index (Phi) is 4.28. The fourth-order valence-electron chi connectivity index (χ4n) is 3.30. The lowest BCUT2D eigenvalue weighted by atomic mass is 9.98. The van der Waals surface area contributed by atoms with E-state index in [-0.39, 0.29) is 17.0 Å². The minimum absolute atomic E-state index is 0.0225. The summed E-state index contributed by atoms with van der Waals surface area (Å²) in [6, 6.07) is 7.73. The van der Waals surface area contributed by atoms with Crippen LogP contribution in [0.4, 0.5) is 13.2 Å². The molecule has 0 bridgehead atoms. The maximum atomic E-state index is 12.8. The Bertz CT molecular complexity index is 928. The van der Waals surface area contributed by atoms with Gasteiger partial charge in [-0.2, -0.15) is 18.3 Å². The first kappa shape index (κ1) is 17.8. The molecule has 2 heterocycles. The number of likely N-dealkylation sites (tertiary alicyclic amines) is 1. The topological polar surface area (TPSA) is 55.2 Å². The van der Waals surface area contributed by atoms with Gasteiger partial charge in [-0.25, -0.2) is 4.68 Å². The number of carbonyl (C=O) groups is 1. The van der Waals surface area contributed by atoms with Crippen molar-refractivity contribution >= 4 is 5.91 Å². The lowest BCUT2D eigenvalue weighted by Gasteiger charge is -2.39. The Morgan fingerprint density at radius 3 is 2.56 bits per heavy atom. The molecule has 2 aromatic rings. The second-order valence-electron chi connectivity index (χ2n) is 7.21. The van der Waals surface area contributed by atoms with E-state index < -0.39 is 17.6 Å². The fraction of sp³-hybridized carbons (Fsp3) is 0.421. The Hall–Kier alpha value is -2.64. The molecule has 8 heteroatoms. The Balaban J connectivity index is 1.39. The lowest BCUT2D eigenvalue weighted by Crippen LogP contribution is -2.52. The normalized spacial score (nSPS) is 17.7. The van der Waals surface area contributed by atoms with E-state index in [1.807, 2.05) is 0 Å². The van der Waals surface area contributed by atoms with Crippen molar-refractivity contribution in [3.05, 3.63) is 63.6 Å². The second kappa shape index (κ2) is 6.51. The van der Waals surface area contributed by atoms with Gasteiger partial charge in [0, 0.05) is 36.6 Å². The van der Waals surface area contributed by atoms with E-state index in [2.05, 4.69) is 5.10 Å². The smallest absolute Gasteiger partial charge is 0.338 e. The highest BCUT2D eigenvalue weighted by molar-refractivity contribution is 5.94. The highest BCUT2D eigenvalue weighted by atomic mass is 19.4. The number of rotatable bonds is 4. The van der Waals surface area contributed by atoms with Crippen LogP contribution in [-0.4, -0.2) is 33.7 Å². The van der Waals surface area contributed by atoms with Gasteiger partial charge < -0.3 is 4.90 Å². The van der Waals surface area contributed by atoms with Crippen molar-refractivity contribution in [3.63, 3.8) is 0 Å². The monoisotopic (exact) mass is 377 g/mol. The summed E-state index contributed by atoms with van der Waals surface area (Å²) in [6.45, 7) is 1.21. The van der Waals surface area contributed by atoms with Crippen LogP contribution in [0.1, 0.15) is 40.4 Å². The summed E-state index contributed by atoms with van der Waals surface area (Å²) in [5, 5.41) is 4.40. The summed E-state index contributed by atoms with van der Waals surface area (Å²) in [6.07, 6.45) is -2.30. The maximum Gasteiger partial charge on any atom is 0.416 e. The van der Waals surface area contributed by atoms with Gasteiger partial charge in [0.2, 0.25) is 0 Å². The largest absolute Gasteiger partial charge is 0.416 e.